The average Bonchev–Trinajstić information content (AvgIpc) is 3.01. The molecule has 2 fully saturated rings. The summed E-state index contributed by atoms with van der Waals surface area (Å²) in [5.41, 5.74) is 0.379. The molecule has 0 saturated heterocycles. The smallest absolute Gasteiger partial charge is 0.222 e. The van der Waals surface area contributed by atoms with Gasteiger partial charge in [-0.05, 0) is 76.3 Å². The molecule has 6 heteroatoms. The first kappa shape index (κ1) is 30.3. The fraction of sp³-hybridized carbons (Fsp3) is 0.871. The molecule has 1 amide bonds. The molecule has 3 aliphatic carbocycles. The van der Waals surface area contributed by atoms with Gasteiger partial charge >= 0.3 is 0 Å². The molecule has 10 atom stereocenters. The second-order valence-electron chi connectivity index (χ2n) is 14.1. The van der Waals surface area contributed by atoms with Gasteiger partial charge in [-0.1, -0.05) is 53.2 Å². The molecule has 212 valence electrons. The fourth-order valence-corrected chi connectivity index (χ4v) is 8.70. The monoisotopic (exact) mass is 518 g/mol. The highest BCUT2D eigenvalue weighted by molar-refractivity contribution is 5.83. The van der Waals surface area contributed by atoms with Crippen molar-refractivity contribution in [3.8, 4) is 0 Å². The van der Waals surface area contributed by atoms with E-state index in [0.717, 1.165) is 25.7 Å². The highest BCUT2D eigenvalue weighted by Gasteiger charge is 2.66. The first-order chi connectivity index (χ1) is 17.0. The number of rotatable bonds is 8. The summed E-state index contributed by atoms with van der Waals surface area (Å²) in [6.07, 6.45) is 5.49. The van der Waals surface area contributed by atoms with E-state index >= 15 is 0 Å². The molecular weight excluding hydrogens is 464 g/mol. The number of Topliss-reactive ketones (excluding diaryl/α,β-unsaturated/α-hetero) is 1. The van der Waals surface area contributed by atoms with E-state index < -0.39 is 11.5 Å². The topological polar surface area (TPSA) is 89.9 Å². The first-order valence-corrected chi connectivity index (χ1v) is 14.5. The largest absolute Gasteiger partial charge is 0.396 e. The van der Waals surface area contributed by atoms with Crippen LogP contribution >= 0.6 is 0 Å². The molecule has 37 heavy (non-hydrogen) atoms. The van der Waals surface area contributed by atoms with E-state index in [1.807, 2.05) is 13.8 Å². The van der Waals surface area contributed by atoms with Crippen LogP contribution in [0.3, 0.4) is 0 Å². The van der Waals surface area contributed by atoms with Gasteiger partial charge in [0.05, 0.1) is 12.7 Å². The van der Waals surface area contributed by atoms with Gasteiger partial charge in [-0.3, -0.25) is 9.59 Å². The van der Waals surface area contributed by atoms with E-state index in [4.69, 9.17) is 0 Å². The molecule has 0 radical (unpaired) electrons. The third kappa shape index (κ3) is 4.96. The van der Waals surface area contributed by atoms with Crippen molar-refractivity contribution in [3.05, 3.63) is 11.6 Å². The Morgan fingerprint density at radius 3 is 2.32 bits per heavy atom. The minimum absolute atomic E-state index is 0.00115. The van der Waals surface area contributed by atoms with Gasteiger partial charge in [-0.15, -0.1) is 0 Å². The van der Waals surface area contributed by atoms with Crippen molar-refractivity contribution < 1.29 is 19.8 Å². The summed E-state index contributed by atoms with van der Waals surface area (Å²) >= 11 is 0. The van der Waals surface area contributed by atoms with E-state index in [2.05, 4.69) is 71.9 Å². The lowest BCUT2D eigenvalue weighted by atomic mass is 9.48. The molecular formula is C31H54N2O4. The van der Waals surface area contributed by atoms with E-state index in [9.17, 15) is 19.8 Å². The second kappa shape index (κ2) is 10.7. The molecule has 3 N–H and O–H groups in total. The standard InChI is InChI=1S/C31H54N2O4/c1-18(2)28(37)32-26-14-11-19(3)22(29(26,6)17-34)12-13-23-20(4)24(35)15-31(8)27(21(5)33(9)10)25(36)16-30(23,31)7/h11,18,20-23,25-27,34,36H,12-17H2,1-10H3,(H,32,37)/t20?,21?,22?,23?,25-,26+,27+,29+,30+,31-/m1/s1. The molecule has 3 rings (SSSR count). The lowest BCUT2D eigenvalue weighted by Crippen LogP contribution is -2.56. The number of carbonyl (C=O) groups excluding carboxylic acids is 2. The van der Waals surface area contributed by atoms with Gasteiger partial charge in [0.2, 0.25) is 5.91 Å². The number of hydrogen-bond acceptors (Lipinski definition) is 5. The molecule has 0 spiro atoms. The summed E-state index contributed by atoms with van der Waals surface area (Å²) in [4.78, 5) is 28.2. The number of nitrogens with zero attached hydrogens (tertiary/aromatic N) is 1. The SMILES string of the molecule is CC1=CC[C@H](NC(=O)C(C)C)[C@@](C)(CO)C1CCC1C(C)C(=O)C[C@]2(C)[C@@H](C(C)N(C)C)[C@H](O)C[C@@]12C. The van der Waals surface area contributed by atoms with Crippen molar-refractivity contribution >= 4 is 11.7 Å². The molecule has 6 nitrogen and oxygen atoms in total. The van der Waals surface area contributed by atoms with Gasteiger partial charge in [-0.2, -0.15) is 0 Å². The van der Waals surface area contributed by atoms with Gasteiger partial charge in [0.15, 0.2) is 0 Å². The molecule has 3 aliphatic rings. The number of ketones is 1. The molecule has 0 aliphatic heterocycles. The summed E-state index contributed by atoms with van der Waals surface area (Å²) in [5, 5.41) is 25.2. The number of fused-ring (bicyclic) bond motifs is 1. The van der Waals surface area contributed by atoms with Crippen LogP contribution in [0.15, 0.2) is 11.6 Å². The maximum absolute atomic E-state index is 13.5. The highest BCUT2D eigenvalue weighted by Crippen LogP contribution is 2.67. The third-order valence-corrected chi connectivity index (χ3v) is 11.7. The van der Waals surface area contributed by atoms with E-state index in [0.29, 0.717) is 12.2 Å². The number of hydrogen-bond donors (Lipinski definition) is 3. The minimum Gasteiger partial charge on any atom is -0.396 e. The van der Waals surface area contributed by atoms with Crippen molar-refractivity contribution in [2.24, 2.45) is 45.8 Å². The van der Waals surface area contributed by atoms with Gasteiger partial charge < -0.3 is 20.4 Å². The van der Waals surface area contributed by atoms with E-state index in [1.165, 1.54) is 5.57 Å². The van der Waals surface area contributed by atoms with Crippen molar-refractivity contribution in [1.82, 2.24) is 10.2 Å². The Morgan fingerprint density at radius 1 is 1.16 bits per heavy atom. The summed E-state index contributed by atoms with van der Waals surface area (Å²) in [6, 6.07) is 0.0567. The van der Waals surface area contributed by atoms with Gasteiger partial charge in [0.1, 0.15) is 5.78 Å². The molecule has 0 heterocycles. The lowest BCUT2D eigenvalue weighted by Gasteiger charge is -2.56. The van der Waals surface area contributed by atoms with E-state index in [-0.39, 0.29) is 65.0 Å². The van der Waals surface area contributed by atoms with Crippen LogP contribution in [0.4, 0.5) is 0 Å². The fourth-order valence-electron chi connectivity index (χ4n) is 8.70. The number of carbonyl (C=O) groups is 2. The lowest BCUT2D eigenvalue weighted by molar-refractivity contribution is -0.147. The number of allylic oxidation sites excluding steroid dienone is 1. The van der Waals surface area contributed by atoms with E-state index in [1.54, 1.807) is 0 Å². The third-order valence-electron chi connectivity index (χ3n) is 11.7. The minimum atomic E-state index is -0.466. The number of nitrogens with one attached hydrogen (secondary N) is 1. The Labute approximate surface area is 225 Å². The number of aliphatic hydroxyl groups is 2. The average molecular weight is 519 g/mol. The summed E-state index contributed by atoms with van der Waals surface area (Å²) in [7, 11) is 4.12. The van der Waals surface area contributed by atoms with Crippen LogP contribution in [0, 0.1) is 45.8 Å². The Bertz CT molecular complexity index is 900. The predicted octanol–water partition coefficient (Wildman–Crippen LogP) is 4.44. The molecule has 0 aromatic rings. The molecule has 0 bridgehead atoms. The quantitative estimate of drug-likeness (QED) is 0.413. The summed E-state index contributed by atoms with van der Waals surface area (Å²) < 4.78 is 0. The second-order valence-corrected chi connectivity index (χ2v) is 14.1. The molecule has 4 unspecified atom stereocenters. The Hall–Kier alpha value is -1.24. The molecule has 2 saturated carbocycles. The van der Waals surface area contributed by atoms with Gasteiger partial charge in [0, 0.05) is 41.7 Å². The van der Waals surface area contributed by atoms with Crippen molar-refractivity contribution in [2.45, 2.75) is 106 Å². The van der Waals surface area contributed by atoms with Crippen molar-refractivity contribution in [3.63, 3.8) is 0 Å². The zero-order valence-corrected chi connectivity index (χ0v) is 25.1. The zero-order chi connectivity index (χ0) is 28.1. The van der Waals surface area contributed by atoms with Crippen LogP contribution in [0.2, 0.25) is 0 Å². The van der Waals surface area contributed by atoms with Gasteiger partial charge in [-0.25, -0.2) is 0 Å². The Morgan fingerprint density at radius 2 is 1.78 bits per heavy atom. The van der Waals surface area contributed by atoms with Crippen molar-refractivity contribution in [2.75, 3.05) is 20.7 Å². The Kier molecular flexibility index (Phi) is 8.79. The molecule has 0 aromatic heterocycles. The predicted molar refractivity (Wildman–Crippen MR) is 149 cm³/mol. The summed E-state index contributed by atoms with van der Waals surface area (Å²) in [5.74, 6) is 0.501. The van der Waals surface area contributed by atoms with Crippen molar-refractivity contribution in [1.29, 1.82) is 0 Å². The van der Waals surface area contributed by atoms with Crippen LogP contribution in [-0.2, 0) is 9.59 Å². The van der Waals surface area contributed by atoms with Crippen LogP contribution in [0.5, 0.6) is 0 Å². The van der Waals surface area contributed by atoms with Crippen LogP contribution in [0.1, 0.15) is 87.5 Å². The van der Waals surface area contributed by atoms with Crippen LogP contribution in [-0.4, -0.2) is 65.7 Å². The first-order valence-electron chi connectivity index (χ1n) is 14.5. The van der Waals surface area contributed by atoms with Gasteiger partial charge in [0.25, 0.3) is 0 Å². The maximum atomic E-state index is 13.5. The normalized spacial score (nSPS) is 43.1. The maximum Gasteiger partial charge on any atom is 0.222 e. The summed E-state index contributed by atoms with van der Waals surface area (Å²) in [6.45, 7) is 16.9. The zero-order valence-electron chi connectivity index (χ0n) is 25.1. The Balaban J connectivity index is 1.91. The molecule has 0 aromatic carbocycles. The van der Waals surface area contributed by atoms with Crippen LogP contribution in [0.25, 0.3) is 0 Å². The number of amides is 1. The number of aliphatic hydroxyl groups excluding tert-OH is 2. The van der Waals surface area contributed by atoms with Crippen LogP contribution < -0.4 is 5.32 Å². The highest BCUT2D eigenvalue weighted by atomic mass is 16.3.